The van der Waals surface area contributed by atoms with Crippen molar-refractivity contribution in [2.45, 2.75) is 64.0 Å². The summed E-state index contributed by atoms with van der Waals surface area (Å²) in [4.78, 5) is 37.2. The molecule has 2 aliphatic heterocycles. The fourth-order valence-electron chi connectivity index (χ4n) is 6.25. The molecule has 11 nitrogen and oxygen atoms in total. The average molecular weight is 672 g/mol. The predicted molar refractivity (Wildman–Crippen MR) is 189 cm³/mol. The van der Waals surface area contributed by atoms with E-state index >= 15 is 0 Å². The molecule has 2 aromatic carbocycles. The second-order valence-corrected chi connectivity index (χ2v) is 15.7. The van der Waals surface area contributed by atoms with E-state index in [1.54, 1.807) is 39.1 Å². The lowest BCUT2D eigenvalue weighted by molar-refractivity contribution is 0.0607. The summed E-state index contributed by atoms with van der Waals surface area (Å²) in [6.07, 6.45) is 4.00. The number of nitrogens with zero attached hydrogens (tertiary/aromatic N) is 6. The fourth-order valence-corrected chi connectivity index (χ4v) is 7.52. The van der Waals surface area contributed by atoms with Crippen LogP contribution in [0.1, 0.15) is 60.7 Å². The number of ether oxygens (including phenoxy) is 1. The van der Waals surface area contributed by atoms with E-state index < -0.39 is 21.4 Å². The summed E-state index contributed by atoms with van der Waals surface area (Å²) in [5.74, 6) is 0.461. The minimum Gasteiger partial charge on any atom is -0.442 e. The molecule has 0 radical (unpaired) electrons. The molecule has 5 rings (SSSR count). The highest BCUT2D eigenvalue weighted by Gasteiger charge is 2.28. The van der Waals surface area contributed by atoms with Crippen molar-refractivity contribution in [2.75, 3.05) is 60.6 Å². The van der Waals surface area contributed by atoms with Crippen molar-refractivity contribution in [1.29, 1.82) is 5.26 Å². The van der Waals surface area contributed by atoms with Gasteiger partial charge in [0, 0.05) is 69.0 Å². The number of rotatable bonds is 6. The molecule has 3 aromatic rings. The van der Waals surface area contributed by atoms with Crippen LogP contribution in [0.15, 0.2) is 64.0 Å². The van der Waals surface area contributed by atoms with Crippen molar-refractivity contribution < 1.29 is 18.5 Å². The molecule has 1 aromatic heterocycles. The highest BCUT2D eigenvalue weighted by Crippen LogP contribution is 2.29. The Morgan fingerprint density at radius 1 is 0.979 bits per heavy atom. The van der Waals surface area contributed by atoms with Gasteiger partial charge in [0.1, 0.15) is 17.5 Å². The molecule has 0 saturated carbocycles. The van der Waals surface area contributed by atoms with E-state index in [1.807, 2.05) is 47.1 Å². The SMILES string of the molecule is Cc1cc(C)c(C(=O)N2CCN(c3ncccc3S(C)(=O)=NC(=O)OC(C)(C)C)CC2)cc1NC1CCN(c2ccccc2C#N)CC1. The number of carbonyl (C=O) groups is 2. The van der Waals surface area contributed by atoms with Crippen LogP contribution in [0.3, 0.4) is 0 Å². The van der Waals surface area contributed by atoms with Gasteiger partial charge in [0.25, 0.3) is 5.91 Å². The quantitative estimate of drug-likeness (QED) is 0.335. The highest BCUT2D eigenvalue weighted by molar-refractivity contribution is 7.93. The third kappa shape index (κ3) is 8.08. The van der Waals surface area contributed by atoms with Crippen molar-refractivity contribution in [3.05, 3.63) is 77.0 Å². The lowest BCUT2D eigenvalue weighted by Crippen LogP contribution is -2.49. The van der Waals surface area contributed by atoms with Gasteiger partial charge in [-0.25, -0.2) is 14.0 Å². The van der Waals surface area contributed by atoms with E-state index in [1.165, 1.54) is 6.26 Å². The molecule has 2 aliphatic rings. The van der Waals surface area contributed by atoms with Crippen molar-refractivity contribution >= 4 is 38.9 Å². The molecule has 2 fully saturated rings. The van der Waals surface area contributed by atoms with E-state index in [9.17, 15) is 19.1 Å². The lowest BCUT2D eigenvalue weighted by Gasteiger charge is -2.37. The molecule has 0 aliphatic carbocycles. The van der Waals surface area contributed by atoms with E-state index in [2.05, 4.69) is 38.6 Å². The Morgan fingerprint density at radius 2 is 1.67 bits per heavy atom. The first kappa shape index (κ1) is 34.7. The van der Waals surface area contributed by atoms with Crippen LogP contribution in [-0.4, -0.2) is 83.3 Å². The van der Waals surface area contributed by atoms with Crippen LogP contribution < -0.4 is 15.1 Å². The van der Waals surface area contributed by atoms with Gasteiger partial charge in [0.15, 0.2) is 0 Å². The first-order chi connectivity index (χ1) is 22.8. The molecule has 254 valence electrons. The molecule has 2 amide bonds. The molecule has 0 bridgehead atoms. The van der Waals surface area contributed by atoms with Crippen molar-refractivity contribution in [2.24, 2.45) is 4.36 Å². The topological polar surface area (TPSA) is 131 Å². The molecule has 48 heavy (non-hydrogen) atoms. The maximum absolute atomic E-state index is 13.9. The molecular formula is C36H45N7O4S. The molecule has 12 heteroatoms. The second-order valence-electron chi connectivity index (χ2n) is 13.5. The van der Waals surface area contributed by atoms with Gasteiger partial charge in [0.05, 0.1) is 25.9 Å². The zero-order chi connectivity index (χ0) is 34.6. The minimum absolute atomic E-state index is 0.0291. The number of pyridine rings is 1. The number of benzene rings is 2. The third-order valence-electron chi connectivity index (χ3n) is 8.69. The molecular weight excluding hydrogens is 627 g/mol. The van der Waals surface area contributed by atoms with E-state index in [0.717, 1.165) is 48.4 Å². The largest absolute Gasteiger partial charge is 0.442 e. The van der Waals surface area contributed by atoms with E-state index in [0.29, 0.717) is 48.0 Å². The maximum atomic E-state index is 13.9. The number of anilines is 3. The first-order valence-electron chi connectivity index (χ1n) is 16.3. The number of piperazine rings is 1. The van der Waals surface area contributed by atoms with Gasteiger partial charge in [0.2, 0.25) is 0 Å². The van der Waals surface area contributed by atoms with Gasteiger partial charge in [-0.15, -0.1) is 4.36 Å². The number of hydrogen-bond acceptors (Lipinski definition) is 9. The number of para-hydroxylation sites is 1. The molecule has 1 atom stereocenters. The summed E-state index contributed by atoms with van der Waals surface area (Å²) in [6.45, 7) is 12.8. The highest BCUT2D eigenvalue weighted by atomic mass is 32.2. The number of carbonyl (C=O) groups excluding carboxylic acids is 2. The van der Waals surface area contributed by atoms with Gasteiger partial charge < -0.3 is 24.8 Å². The van der Waals surface area contributed by atoms with E-state index in [4.69, 9.17) is 4.74 Å². The van der Waals surface area contributed by atoms with Crippen LogP contribution in [0.2, 0.25) is 0 Å². The van der Waals surface area contributed by atoms with Gasteiger partial charge in [-0.1, -0.05) is 18.2 Å². The Hall–Kier alpha value is -4.63. The van der Waals surface area contributed by atoms with Gasteiger partial charge >= 0.3 is 6.09 Å². The van der Waals surface area contributed by atoms with Crippen molar-refractivity contribution in [3.8, 4) is 6.07 Å². The van der Waals surface area contributed by atoms with Crippen LogP contribution in [0.5, 0.6) is 0 Å². The Balaban J connectivity index is 1.24. The molecule has 1 N–H and O–H groups in total. The molecule has 3 heterocycles. The van der Waals surface area contributed by atoms with Gasteiger partial charge in [-0.3, -0.25) is 4.79 Å². The maximum Gasteiger partial charge on any atom is 0.442 e. The van der Waals surface area contributed by atoms with Gasteiger partial charge in [-0.2, -0.15) is 5.26 Å². The molecule has 0 spiro atoms. The van der Waals surface area contributed by atoms with Crippen LogP contribution >= 0.6 is 0 Å². The smallest absolute Gasteiger partial charge is 0.442 e. The Kier molecular flexibility index (Phi) is 10.3. The fraction of sp³-hybridized carbons (Fsp3) is 0.444. The van der Waals surface area contributed by atoms with Crippen LogP contribution in [-0.2, 0) is 14.5 Å². The average Bonchev–Trinajstić information content (AvgIpc) is 3.05. The molecule has 1 unspecified atom stereocenters. The van der Waals surface area contributed by atoms with E-state index in [-0.39, 0.29) is 11.9 Å². The zero-order valence-corrected chi connectivity index (χ0v) is 29.5. The van der Waals surface area contributed by atoms with Crippen molar-refractivity contribution in [1.82, 2.24) is 9.88 Å². The first-order valence-corrected chi connectivity index (χ1v) is 18.2. The standard InChI is InChI=1S/C36H45N7O4S/c1-25-22-26(2)30(39-28-13-16-41(17-14-28)31-11-8-7-10-27(31)24-37)23-29(25)34(44)43-20-18-42(19-21-43)33-32(12-9-15-38-33)48(6,46)40-35(45)47-36(3,4)5/h7-12,15,22-23,28,39H,13-14,16-21H2,1-6H3. The minimum atomic E-state index is -3.14. The summed E-state index contributed by atoms with van der Waals surface area (Å²) in [5.41, 5.74) is 4.57. The number of piperidine rings is 1. The monoisotopic (exact) mass is 671 g/mol. The van der Waals surface area contributed by atoms with Crippen molar-refractivity contribution in [3.63, 3.8) is 0 Å². The third-order valence-corrected chi connectivity index (χ3v) is 10.3. The number of aryl methyl sites for hydroxylation is 2. The summed E-state index contributed by atoms with van der Waals surface area (Å²) in [7, 11) is -3.14. The molecule has 2 saturated heterocycles. The Labute approximate surface area is 284 Å². The Bertz CT molecular complexity index is 1840. The normalized spacial score (nSPS) is 16.9. The zero-order valence-electron chi connectivity index (χ0n) is 28.7. The summed E-state index contributed by atoms with van der Waals surface area (Å²) >= 11 is 0. The summed E-state index contributed by atoms with van der Waals surface area (Å²) in [6, 6.07) is 17.7. The number of nitrogens with one attached hydrogen (secondary N) is 1. The summed E-state index contributed by atoms with van der Waals surface area (Å²) < 4.78 is 22.8. The van der Waals surface area contributed by atoms with Gasteiger partial charge in [-0.05, 0) is 88.9 Å². The predicted octanol–water partition coefficient (Wildman–Crippen LogP) is 6.01. The summed E-state index contributed by atoms with van der Waals surface area (Å²) in [5, 5.41) is 13.2. The lowest BCUT2D eigenvalue weighted by atomic mass is 9.99. The second kappa shape index (κ2) is 14.2. The van der Waals surface area contributed by atoms with Crippen LogP contribution in [0.4, 0.5) is 22.0 Å². The number of hydrogen-bond donors (Lipinski definition) is 1. The van der Waals surface area contributed by atoms with Crippen LogP contribution in [0, 0.1) is 25.2 Å². The Morgan fingerprint density at radius 3 is 2.33 bits per heavy atom. The number of nitriles is 1. The number of amides is 2. The van der Waals surface area contributed by atoms with Crippen LogP contribution in [0.25, 0.3) is 0 Å². The number of aromatic nitrogens is 1.